The Hall–Kier alpha value is -1.57. The summed E-state index contributed by atoms with van der Waals surface area (Å²) in [6.07, 6.45) is 0. The van der Waals surface area contributed by atoms with Crippen molar-refractivity contribution in [3.8, 4) is 0 Å². The highest BCUT2D eigenvalue weighted by atomic mass is 19.2. The van der Waals surface area contributed by atoms with Gasteiger partial charge in [0.1, 0.15) is 12.4 Å². The van der Waals surface area contributed by atoms with Crippen molar-refractivity contribution >= 4 is 11.0 Å². The second kappa shape index (κ2) is 6.74. The molecule has 0 aliphatic heterocycles. The zero-order chi connectivity index (χ0) is 14.5. The minimum Gasteiger partial charge on any atom is -0.378 e. The summed E-state index contributed by atoms with van der Waals surface area (Å²) >= 11 is 0. The third-order valence-corrected chi connectivity index (χ3v) is 2.86. The summed E-state index contributed by atoms with van der Waals surface area (Å²) in [7, 11) is 1.54. The molecule has 0 aliphatic rings. The highest BCUT2D eigenvalue weighted by molar-refractivity contribution is 5.76. The minimum atomic E-state index is -0.912. The Bertz CT molecular complexity index is 586. The van der Waals surface area contributed by atoms with E-state index < -0.39 is 11.6 Å². The summed E-state index contributed by atoms with van der Waals surface area (Å²) < 4.78 is 38.7. The summed E-state index contributed by atoms with van der Waals surface area (Å²) in [5.41, 5.74) is 6.26. The van der Waals surface area contributed by atoms with Gasteiger partial charge in [0.25, 0.3) is 0 Å². The van der Waals surface area contributed by atoms with Gasteiger partial charge in [-0.15, -0.1) is 0 Å². The third-order valence-electron chi connectivity index (χ3n) is 2.86. The van der Waals surface area contributed by atoms with Crippen LogP contribution in [0, 0.1) is 11.6 Å². The average Bonchev–Trinajstić information content (AvgIpc) is 2.73. The van der Waals surface area contributed by atoms with E-state index in [2.05, 4.69) is 4.98 Å². The fourth-order valence-electron chi connectivity index (χ4n) is 2.00. The number of aromatic nitrogens is 2. The first kappa shape index (κ1) is 14.8. The molecule has 1 aromatic carbocycles. The number of ether oxygens (including phenoxy) is 2. The predicted molar refractivity (Wildman–Crippen MR) is 70.2 cm³/mol. The van der Waals surface area contributed by atoms with Gasteiger partial charge in [-0.25, -0.2) is 13.8 Å². The molecular weight excluding hydrogens is 268 g/mol. The number of hydrogen-bond donors (Lipinski definition) is 1. The molecule has 20 heavy (non-hydrogen) atoms. The standard InChI is InChI=1S/C13H17F2N3O2/c1-19-8-13-17-11-6-9(14)10(15)7-12(11)18(13)3-5-20-4-2-16/h6-7H,2-5,8,16H2,1H3. The van der Waals surface area contributed by atoms with Crippen molar-refractivity contribution in [3.05, 3.63) is 29.6 Å². The van der Waals surface area contributed by atoms with Gasteiger partial charge in [-0.05, 0) is 0 Å². The number of fused-ring (bicyclic) bond motifs is 1. The van der Waals surface area contributed by atoms with Crippen LogP contribution < -0.4 is 5.73 Å². The first-order chi connectivity index (χ1) is 9.67. The highest BCUT2D eigenvalue weighted by Crippen LogP contribution is 2.20. The first-order valence-corrected chi connectivity index (χ1v) is 6.28. The van der Waals surface area contributed by atoms with E-state index in [1.54, 1.807) is 4.57 Å². The number of nitrogens with zero attached hydrogens (tertiary/aromatic N) is 2. The molecule has 0 aliphatic carbocycles. The molecular formula is C13H17F2N3O2. The number of benzene rings is 1. The second-order valence-electron chi connectivity index (χ2n) is 4.27. The molecule has 0 unspecified atom stereocenters. The zero-order valence-electron chi connectivity index (χ0n) is 11.2. The predicted octanol–water partition coefficient (Wildman–Crippen LogP) is 1.44. The van der Waals surface area contributed by atoms with Crippen LogP contribution in [0.25, 0.3) is 11.0 Å². The quantitative estimate of drug-likeness (QED) is 0.782. The highest BCUT2D eigenvalue weighted by Gasteiger charge is 2.14. The van der Waals surface area contributed by atoms with E-state index >= 15 is 0 Å². The monoisotopic (exact) mass is 285 g/mol. The van der Waals surface area contributed by atoms with E-state index in [0.29, 0.717) is 43.2 Å². The molecule has 7 heteroatoms. The molecule has 1 heterocycles. The SMILES string of the molecule is COCc1nc2cc(F)c(F)cc2n1CCOCCN. The Morgan fingerprint density at radius 2 is 2.00 bits per heavy atom. The van der Waals surface area contributed by atoms with E-state index in [-0.39, 0.29) is 6.61 Å². The van der Waals surface area contributed by atoms with Gasteiger partial charge >= 0.3 is 0 Å². The lowest BCUT2D eigenvalue weighted by molar-refractivity contribution is 0.129. The number of methoxy groups -OCH3 is 1. The van der Waals surface area contributed by atoms with Crippen LogP contribution in [0.2, 0.25) is 0 Å². The van der Waals surface area contributed by atoms with Crippen molar-refractivity contribution in [2.24, 2.45) is 5.73 Å². The van der Waals surface area contributed by atoms with Crippen molar-refractivity contribution in [2.45, 2.75) is 13.2 Å². The summed E-state index contributed by atoms with van der Waals surface area (Å²) in [6, 6.07) is 2.22. The molecule has 2 N–H and O–H groups in total. The van der Waals surface area contributed by atoms with Crippen molar-refractivity contribution < 1.29 is 18.3 Å². The molecule has 0 saturated carbocycles. The third kappa shape index (κ3) is 3.12. The van der Waals surface area contributed by atoms with Crippen LogP contribution in [-0.4, -0.2) is 36.4 Å². The number of imidazole rings is 1. The molecule has 5 nitrogen and oxygen atoms in total. The van der Waals surface area contributed by atoms with Gasteiger partial charge in [0.15, 0.2) is 11.6 Å². The van der Waals surface area contributed by atoms with Crippen molar-refractivity contribution in [3.63, 3.8) is 0 Å². The Balaban J connectivity index is 2.32. The van der Waals surface area contributed by atoms with Gasteiger partial charge in [-0.1, -0.05) is 0 Å². The maximum atomic E-state index is 13.4. The molecule has 0 saturated heterocycles. The molecule has 2 aromatic rings. The zero-order valence-corrected chi connectivity index (χ0v) is 11.2. The van der Waals surface area contributed by atoms with Crippen molar-refractivity contribution in [2.75, 3.05) is 26.9 Å². The molecule has 0 bridgehead atoms. The fraction of sp³-hybridized carbons (Fsp3) is 0.462. The number of rotatable bonds is 7. The molecule has 0 radical (unpaired) electrons. The van der Waals surface area contributed by atoms with Gasteiger partial charge in [0, 0.05) is 32.3 Å². The van der Waals surface area contributed by atoms with Gasteiger partial charge in [0.2, 0.25) is 0 Å². The molecule has 0 atom stereocenters. The molecule has 1 aromatic heterocycles. The lowest BCUT2D eigenvalue weighted by Gasteiger charge is -2.09. The number of halogens is 2. The second-order valence-corrected chi connectivity index (χ2v) is 4.27. The van der Waals surface area contributed by atoms with Crippen LogP contribution in [0.15, 0.2) is 12.1 Å². The van der Waals surface area contributed by atoms with E-state index in [4.69, 9.17) is 15.2 Å². The molecule has 2 rings (SSSR count). The first-order valence-electron chi connectivity index (χ1n) is 6.28. The molecule has 0 spiro atoms. The Morgan fingerprint density at radius 3 is 2.70 bits per heavy atom. The maximum Gasteiger partial charge on any atom is 0.161 e. The lowest BCUT2D eigenvalue weighted by atomic mass is 10.3. The van der Waals surface area contributed by atoms with Crippen molar-refractivity contribution in [1.82, 2.24) is 9.55 Å². The van der Waals surface area contributed by atoms with Gasteiger partial charge < -0.3 is 19.8 Å². The van der Waals surface area contributed by atoms with Crippen LogP contribution in [0.5, 0.6) is 0 Å². The molecule has 110 valence electrons. The Labute approximate surface area is 115 Å². The van der Waals surface area contributed by atoms with E-state index in [1.165, 1.54) is 7.11 Å². The van der Waals surface area contributed by atoms with Gasteiger partial charge in [-0.2, -0.15) is 0 Å². The fourth-order valence-corrected chi connectivity index (χ4v) is 2.00. The largest absolute Gasteiger partial charge is 0.378 e. The summed E-state index contributed by atoms with van der Waals surface area (Å²) in [5, 5.41) is 0. The number of hydrogen-bond acceptors (Lipinski definition) is 4. The van der Waals surface area contributed by atoms with Crippen molar-refractivity contribution in [1.29, 1.82) is 0 Å². The Kier molecular flexibility index (Phi) is 4.99. The van der Waals surface area contributed by atoms with Gasteiger partial charge in [0.05, 0.1) is 24.2 Å². The normalized spacial score (nSPS) is 11.4. The van der Waals surface area contributed by atoms with E-state index in [9.17, 15) is 8.78 Å². The summed E-state index contributed by atoms with van der Waals surface area (Å²) in [4.78, 5) is 4.25. The topological polar surface area (TPSA) is 62.3 Å². The van der Waals surface area contributed by atoms with Gasteiger partial charge in [-0.3, -0.25) is 0 Å². The maximum absolute atomic E-state index is 13.4. The average molecular weight is 285 g/mol. The lowest BCUT2D eigenvalue weighted by Crippen LogP contribution is -2.14. The van der Waals surface area contributed by atoms with Crippen LogP contribution in [-0.2, 0) is 22.6 Å². The summed E-state index contributed by atoms with van der Waals surface area (Å²) in [6.45, 7) is 2.04. The molecule has 0 amide bonds. The van der Waals surface area contributed by atoms with Crippen LogP contribution >= 0.6 is 0 Å². The van der Waals surface area contributed by atoms with Crippen LogP contribution in [0.1, 0.15) is 5.82 Å². The van der Waals surface area contributed by atoms with E-state index in [1.807, 2.05) is 0 Å². The minimum absolute atomic E-state index is 0.259. The van der Waals surface area contributed by atoms with Crippen LogP contribution in [0.4, 0.5) is 8.78 Å². The molecule has 0 fully saturated rings. The number of nitrogens with two attached hydrogens (primary N) is 1. The van der Waals surface area contributed by atoms with Crippen LogP contribution in [0.3, 0.4) is 0 Å². The smallest absolute Gasteiger partial charge is 0.161 e. The Morgan fingerprint density at radius 1 is 1.25 bits per heavy atom. The summed E-state index contributed by atoms with van der Waals surface area (Å²) in [5.74, 6) is -1.21. The van der Waals surface area contributed by atoms with E-state index in [0.717, 1.165) is 12.1 Å².